The Morgan fingerprint density at radius 1 is 0.917 bits per heavy atom. The molecule has 0 aliphatic carbocycles. The zero-order valence-corrected chi connectivity index (χ0v) is 14.5. The second kappa shape index (κ2) is 9.92. The van der Waals surface area contributed by atoms with E-state index in [1.807, 2.05) is 18.2 Å². The van der Waals surface area contributed by atoms with Crippen molar-refractivity contribution in [1.82, 2.24) is 0 Å². The smallest absolute Gasteiger partial charge is 0.0414 e. The highest BCUT2D eigenvalue weighted by Gasteiger charge is 2.16. The van der Waals surface area contributed by atoms with Crippen molar-refractivity contribution >= 4 is 5.97 Å². The lowest BCUT2D eigenvalue weighted by atomic mass is 9.84. The van der Waals surface area contributed by atoms with Crippen LogP contribution in [0.5, 0.6) is 0 Å². The van der Waals surface area contributed by atoms with Crippen molar-refractivity contribution in [1.29, 1.82) is 0 Å². The molecule has 0 fully saturated rings. The molecule has 2 aromatic rings. The Morgan fingerprint density at radius 3 is 2.33 bits per heavy atom. The lowest BCUT2D eigenvalue weighted by Gasteiger charge is -2.21. The first-order valence-electron chi connectivity index (χ1n) is 9.06. The number of unbranched alkanes of at least 4 members (excludes halogenated alkanes) is 3. The lowest BCUT2D eigenvalue weighted by Crippen LogP contribution is -2.22. The minimum Gasteiger partial charge on any atom is -0.550 e. The molecule has 0 spiro atoms. The van der Waals surface area contributed by atoms with Gasteiger partial charge in [0.25, 0.3) is 0 Å². The van der Waals surface area contributed by atoms with Crippen LogP contribution >= 0.6 is 0 Å². The third-order valence-electron chi connectivity index (χ3n) is 4.59. The van der Waals surface area contributed by atoms with Crippen LogP contribution in [0.2, 0.25) is 0 Å². The molecule has 0 N–H and O–H groups in total. The zero-order chi connectivity index (χ0) is 17.2. The zero-order valence-electron chi connectivity index (χ0n) is 14.5. The van der Waals surface area contributed by atoms with E-state index in [-0.39, 0.29) is 12.3 Å². The molecule has 0 radical (unpaired) electrons. The van der Waals surface area contributed by atoms with Gasteiger partial charge in [0.15, 0.2) is 0 Å². The summed E-state index contributed by atoms with van der Waals surface area (Å²) in [5.74, 6) is -0.679. The van der Waals surface area contributed by atoms with E-state index in [9.17, 15) is 9.90 Å². The van der Waals surface area contributed by atoms with Crippen LogP contribution in [-0.4, -0.2) is 5.97 Å². The molecule has 1 unspecified atom stereocenters. The fourth-order valence-corrected chi connectivity index (χ4v) is 3.30. The molecule has 0 aliphatic heterocycles. The maximum absolute atomic E-state index is 11.0. The quantitative estimate of drug-likeness (QED) is 0.581. The molecule has 0 saturated heterocycles. The number of hydrogen-bond donors (Lipinski definition) is 0. The van der Waals surface area contributed by atoms with Gasteiger partial charge >= 0.3 is 0 Å². The van der Waals surface area contributed by atoms with Crippen molar-refractivity contribution in [2.45, 2.75) is 57.8 Å². The molecule has 0 aliphatic rings. The van der Waals surface area contributed by atoms with E-state index in [1.54, 1.807) is 0 Å². The number of carboxylic acid groups (broad SMARTS) is 1. The summed E-state index contributed by atoms with van der Waals surface area (Å²) in [7, 11) is 0. The Morgan fingerprint density at radius 2 is 1.62 bits per heavy atom. The van der Waals surface area contributed by atoms with Gasteiger partial charge in [-0.05, 0) is 41.9 Å². The maximum Gasteiger partial charge on any atom is 0.0414 e. The highest BCUT2D eigenvalue weighted by atomic mass is 16.4. The maximum atomic E-state index is 11.0. The van der Waals surface area contributed by atoms with E-state index in [0.717, 1.165) is 12.8 Å². The summed E-state index contributed by atoms with van der Waals surface area (Å²) in [6, 6.07) is 18.7. The largest absolute Gasteiger partial charge is 0.550 e. The summed E-state index contributed by atoms with van der Waals surface area (Å²) >= 11 is 0. The summed E-state index contributed by atoms with van der Waals surface area (Å²) < 4.78 is 0. The van der Waals surface area contributed by atoms with Gasteiger partial charge in [-0.1, -0.05) is 87.2 Å². The van der Waals surface area contributed by atoms with Crippen LogP contribution in [0, 0.1) is 0 Å². The molecular formula is C22H27O2-. The fourth-order valence-electron chi connectivity index (χ4n) is 3.30. The molecule has 0 aromatic heterocycles. The molecule has 0 amide bonds. The van der Waals surface area contributed by atoms with Crippen LogP contribution in [0.15, 0.2) is 54.6 Å². The minimum atomic E-state index is -0.953. The van der Waals surface area contributed by atoms with Gasteiger partial charge in [-0.15, -0.1) is 0 Å². The fraction of sp³-hybridized carbons (Fsp3) is 0.409. The molecule has 0 saturated carbocycles. The first kappa shape index (κ1) is 18.3. The molecule has 0 heterocycles. The van der Waals surface area contributed by atoms with Crippen molar-refractivity contribution in [3.05, 3.63) is 60.2 Å². The molecule has 24 heavy (non-hydrogen) atoms. The summed E-state index contributed by atoms with van der Waals surface area (Å²) in [6.45, 7) is 2.21. The Bertz CT molecular complexity index is 619. The van der Waals surface area contributed by atoms with Gasteiger partial charge in [0.05, 0.1) is 0 Å². The highest BCUT2D eigenvalue weighted by Crippen LogP contribution is 2.35. The molecular weight excluding hydrogens is 296 g/mol. The van der Waals surface area contributed by atoms with Crippen molar-refractivity contribution < 1.29 is 9.90 Å². The first-order valence-corrected chi connectivity index (χ1v) is 9.06. The number of benzene rings is 2. The molecule has 2 aromatic carbocycles. The number of aliphatic carboxylic acids is 1. The summed E-state index contributed by atoms with van der Waals surface area (Å²) in [6.07, 6.45) is 6.63. The third kappa shape index (κ3) is 5.52. The first-order chi connectivity index (χ1) is 11.7. The number of rotatable bonds is 10. The molecule has 2 nitrogen and oxygen atoms in total. The molecule has 2 heteroatoms. The van der Waals surface area contributed by atoms with Crippen molar-refractivity contribution in [2.75, 3.05) is 0 Å². The van der Waals surface area contributed by atoms with Crippen LogP contribution in [0.1, 0.15) is 63.4 Å². The van der Waals surface area contributed by atoms with Crippen LogP contribution < -0.4 is 5.11 Å². The molecule has 2 rings (SSSR count). The Kier molecular flexibility index (Phi) is 7.54. The predicted molar refractivity (Wildman–Crippen MR) is 97.6 cm³/mol. The van der Waals surface area contributed by atoms with Gasteiger partial charge in [-0.2, -0.15) is 0 Å². The average Bonchev–Trinajstić information content (AvgIpc) is 2.62. The van der Waals surface area contributed by atoms with Crippen molar-refractivity contribution in [3.8, 4) is 11.1 Å². The van der Waals surface area contributed by atoms with E-state index in [2.05, 4.69) is 43.3 Å². The number of carboxylic acids is 1. The van der Waals surface area contributed by atoms with Gasteiger partial charge in [-0.25, -0.2) is 0 Å². The van der Waals surface area contributed by atoms with E-state index in [4.69, 9.17) is 0 Å². The molecule has 0 bridgehead atoms. The number of carbonyl (C=O) groups is 1. The van der Waals surface area contributed by atoms with Gasteiger partial charge < -0.3 is 9.90 Å². The average molecular weight is 323 g/mol. The number of hydrogen-bond acceptors (Lipinski definition) is 2. The van der Waals surface area contributed by atoms with Crippen LogP contribution in [0.25, 0.3) is 11.1 Å². The molecule has 128 valence electrons. The summed E-state index contributed by atoms with van der Waals surface area (Å²) in [4.78, 5) is 11.0. The monoisotopic (exact) mass is 323 g/mol. The van der Waals surface area contributed by atoms with Gasteiger partial charge in [0, 0.05) is 5.97 Å². The van der Waals surface area contributed by atoms with E-state index >= 15 is 0 Å². The predicted octanol–water partition coefficient (Wildman–Crippen LogP) is 4.94. The van der Waals surface area contributed by atoms with E-state index in [0.29, 0.717) is 6.42 Å². The highest BCUT2D eigenvalue weighted by molar-refractivity contribution is 5.68. The Balaban J connectivity index is 2.22. The van der Waals surface area contributed by atoms with Crippen molar-refractivity contribution in [3.63, 3.8) is 0 Å². The second-order valence-corrected chi connectivity index (χ2v) is 6.41. The SMILES string of the molecule is CCCCCCC(CCC(=O)[O-])c1ccccc1-c1ccccc1. The van der Waals surface area contributed by atoms with E-state index < -0.39 is 5.97 Å². The minimum absolute atomic E-state index is 0.127. The summed E-state index contributed by atoms with van der Waals surface area (Å²) in [5, 5.41) is 11.0. The van der Waals surface area contributed by atoms with Gasteiger partial charge in [0.2, 0.25) is 0 Å². The Labute approximate surface area is 145 Å². The van der Waals surface area contributed by atoms with Gasteiger partial charge in [0.1, 0.15) is 0 Å². The normalized spacial score (nSPS) is 12.0. The standard InChI is InChI=1S/C22H28O2/c1-2-3-4-6-13-19(16-17-22(23)24)21-15-10-9-14-20(21)18-11-7-5-8-12-18/h5,7-12,14-15,19H,2-4,6,13,16-17H2,1H3,(H,23,24)/p-1. The van der Waals surface area contributed by atoms with Crippen molar-refractivity contribution in [2.24, 2.45) is 0 Å². The van der Waals surface area contributed by atoms with Gasteiger partial charge in [-0.3, -0.25) is 0 Å². The lowest BCUT2D eigenvalue weighted by molar-refractivity contribution is -0.305. The second-order valence-electron chi connectivity index (χ2n) is 6.41. The van der Waals surface area contributed by atoms with E-state index in [1.165, 1.54) is 36.0 Å². The van der Waals surface area contributed by atoms with Crippen LogP contribution in [0.4, 0.5) is 0 Å². The summed E-state index contributed by atoms with van der Waals surface area (Å²) in [5.41, 5.74) is 3.68. The molecule has 1 atom stereocenters. The third-order valence-corrected chi connectivity index (χ3v) is 4.59. The topological polar surface area (TPSA) is 40.1 Å². The van der Waals surface area contributed by atoms with Crippen LogP contribution in [-0.2, 0) is 4.79 Å². The van der Waals surface area contributed by atoms with Crippen LogP contribution in [0.3, 0.4) is 0 Å². The number of carbonyl (C=O) groups excluding carboxylic acids is 1. The Hall–Kier alpha value is -2.09.